The molecule has 0 radical (unpaired) electrons. The quantitative estimate of drug-likeness (QED) is 0.445. The predicted molar refractivity (Wildman–Crippen MR) is 36.7 cm³/mol. The molecule has 0 heteroatoms. The highest BCUT2D eigenvalue weighted by molar-refractivity contribution is 5.46. The summed E-state index contributed by atoms with van der Waals surface area (Å²) in [7, 11) is 0. The van der Waals surface area contributed by atoms with Crippen LogP contribution in [0.25, 0.3) is 0 Å². The Kier molecular flexibility index (Phi) is 1.34. The molecule has 1 rings (SSSR count). The molecule has 0 aromatic heterocycles. The highest BCUT2D eigenvalue weighted by Crippen LogP contribution is 2.15. The van der Waals surface area contributed by atoms with Crippen LogP contribution < -0.4 is 0 Å². The van der Waals surface area contributed by atoms with Gasteiger partial charge in [-0.2, -0.15) is 0 Å². The number of rotatable bonds is 0. The zero-order valence-corrected chi connectivity index (χ0v) is 5.31. The molecule has 0 spiro atoms. The molecule has 0 aromatic carbocycles. The summed E-state index contributed by atoms with van der Waals surface area (Å²) < 4.78 is 0. The Bertz CT molecular complexity index is 168. The van der Waals surface area contributed by atoms with Crippen LogP contribution in [-0.2, 0) is 0 Å². The van der Waals surface area contributed by atoms with Crippen LogP contribution >= 0.6 is 0 Å². The van der Waals surface area contributed by atoms with Crippen molar-refractivity contribution in [2.45, 2.75) is 13.8 Å². The Morgan fingerprint density at radius 1 is 1.50 bits per heavy atom. The molecule has 0 N–H and O–H groups in total. The van der Waals surface area contributed by atoms with Crippen LogP contribution in [0.15, 0.2) is 35.5 Å². The van der Waals surface area contributed by atoms with Gasteiger partial charge in [-0.3, -0.25) is 0 Å². The van der Waals surface area contributed by atoms with E-state index in [4.69, 9.17) is 0 Å². The summed E-state index contributed by atoms with van der Waals surface area (Å²) >= 11 is 0. The topological polar surface area (TPSA) is 0 Å². The van der Waals surface area contributed by atoms with Gasteiger partial charge in [0.2, 0.25) is 0 Å². The smallest absolute Gasteiger partial charge is 0.0270 e. The van der Waals surface area contributed by atoms with Crippen LogP contribution in [0.2, 0.25) is 0 Å². The van der Waals surface area contributed by atoms with Crippen molar-refractivity contribution in [2.24, 2.45) is 0 Å². The molecule has 0 saturated heterocycles. The molecule has 0 nitrogen and oxygen atoms in total. The predicted octanol–water partition coefficient (Wildman–Crippen LogP) is 2.45. The lowest BCUT2D eigenvalue weighted by Crippen LogP contribution is -1.71. The second-order valence-corrected chi connectivity index (χ2v) is 1.95. The molecule has 8 heavy (non-hydrogen) atoms. The van der Waals surface area contributed by atoms with Gasteiger partial charge >= 0.3 is 0 Å². The first-order valence-corrected chi connectivity index (χ1v) is 2.86. The van der Waals surface area contributed by atoms with Gasteiger partial charge in [0.1, 0.15) is 0 Å². The first-order valence-electron chi connectivity index (χ1n) is 2.86. The Balaban J connectivity index is 2.88. The van der Waals surface area contributed by atoms with Crippen LogP contribution in [0, 0.1) is 0 Å². The average Bonchev–Trinajstić information content (AvgIpc) is 2.14. The first kappa shape index (κ1) is 5.36. The van der Waals surface area contributed by atoms with Crippen LogP contribution in [-0.4, -0.2) is 0 Å². The average molecular weight is 106 g/mol. The van der Waals surface area contributed by atoms with Crippen LogP contribution in [0.5, 0.6) is 0 Å². The summed E-state index contributed by atoms with van der Waals surface area (Å²) in [5.41, 5.74) is 2.72. The summed E-state index contributed by atoms with van der Waals surface area (Å²) in [4.78, 5) is 0. The molecule has 0 aliphatic heterocycles. The molecule has 0 heterocycles. The van der Waals surface area contributed by atoms with E-state index in [1.54, 1.807) is 0 Å². The minimum absolute atomic E-state index is 1.35. The fraction of sp³-hybridized carbons (Fsp3) is 0.250. The van der Waals surface area contributed by atoms with Crippen LogP contribution in [0.3, 0.4) is 0 Å². The van der Waals surface area contributed by atoms with Crippen molar-refractivity contribution in [2.75, 3.05) is 0 Å². The van der Waals surface area contributed by atoms with E-state index in [0.29, 0.717) is 0 Å². The molecule has 0 unspecified atom stereocenters. The number of hydrogen-bond donors (Lipinski definition) is 0. The van der Waals surface area contributed by atoms with E-state index in [-0.39, 0.29) is 0 Å². The maximum absolute atomic E-state index is 2.12. The molecule has 0 saturated carbocycles. The SMILES string of the molecule is CC=C1C=CC=C1C. The van der Waals surface area contributed by atoms with Gasteiger partial charge in [0, 0.05) is 0 Å². The number of hydrogen-bond acceptors (Lipinski definition) is 0. The van der Waals surface area contributed by atoms with Crippen molar-refractivity contribution in [1.29, 1.82) is 0 Å². The Morgan fingerprint density at radius 2 is 2.25 bits per heavy atom. The summed E-state index contributed by atoms with van der Waals surface area (Å²) in [6.07, 6.45) is 8.44. The van der Waals surface area contributed by atoms with E-state index in [1.165, 1.54) is 11.1 Å². The molecule has 0 aromatic rings. The van der Waals surface area contributed by atoms with Crippen LogP contribution in [0.1, 0.15) is 13.8 Å². The van der Waals surface area contributed by atoms with Crippen molar-refractivity contribution < 1.29 is 0 Å². The van der Waals surface area contributed by atoms with E-state index in [1.807, 2.05) is 0 Å². The van der Waals surface area contributed by atoms with E-state index >= 15 is 0 Å². The van der Waals surface area contributed by atoms with Gasteiger partial charge in [-0.1, -0.05) is 24.3 Å². The summed E-state index contributed by atoms with van der Waals surface area (Å²) in [6.45, 7) is 4.18. The van der Waals surface area contributed by atoms with Crippen molar-refractivity contribution in [1.82, 2.24) is 0 Å². The van der Waals surface area contributed by atoms with Crippen molar-refractivity contribution in [3.63, 3.8) is 0 Å². The molecule has 0 fully saturated rings. The maximum atomic E-state index is 2.12. The summed E-state index contributed by atoms with van der Waals surface area (Å²) in [5, 5.41) is 0. The van der Waals surface area contributed by atoms with Crippen LogP contribution in [0.4, 0.5) is 0 Å². The lowest BCUT2D eigenvalue weighted by molar-refractivity contribution is 1.45. The van der Waals surface area contributed by atoms with E-state index in [0.717, 1.165) is 0 Å². The maximum Gasteiger partial charge on any atom is -0.0270 e. The minimum Gasteiger partial charge on any atom is -0.0801 e. The van der Waals surface area contributed by atoms with Gasteiger partial charge < -0.3 is 0 Å². The first-order chi connectivity index (χ1) is 3.84. The lowest BCUT2D eigenvalue weighted by Gasteiger charge is -1.90. The van der Waals surface area contributed by atoms with Gasteiger partial charge in [-0.15, -0.1) is 0 Å². The third-order valence-corrected chi connectivity index (χ3v) is 1.39. The number of allylic oxidation sites excluding steroid dienone is 6. The zero-order valence-electron chi connectivity index (χ0n) is 5.31. The fourth-order valence-corrected chi connectivity index (χ4v) is 0.848. The van der Waals surface area contributed by atoms with Gasteiger partial charge in [0.05, 0.1) is 0 Å². The van der Waals surface area contributed by atoms with E-state index < -0.39 is 0 Å². The molecule has 42 valence electrons. The largest absolute Gasteiger partial charge is 0.0801 e. The van der Waals surface area contributed by atoms with Crippen molar-refractivity contribution in [3.8, 4) is 0 Å². The third-order valence-electron chi connectivity index (χ3n) is 1.39. The molecule has 1 aliphatic rings. The molecule has 0 amide bonds. The highest BCUT2D eigenvalue weighted by atomic mass is 14.0. The summed E-state index contributed by atoms with van der Waals surface area (Å²) in [6, 6.07) is 0. The van der Waals surface area contributed by atoms with E-state index in [2.05, 4.69) is 38.2 Å². The minimum atomic E-state index is 1.35. The molecular weight excluding hydrogens is 96.1 g/mol. The molecule has 1 aliphatic carbocycles. The standard InChI is InChI=1S/C8H10/c1-3-8-6-4-5-7(8)2/h3-6H,1-2H3. The normalized spacial score (nSPS) is 22.2. The fourth-order valence-electron chi connectivity index (χ4n) is 0.848. The lowest BCUT2D eigenvalue weighted by atomic mass is 10.2. The van der Waals surface area contributed by atoms with Gasteiger partial charge in [0.25, 0.3) is 0 Å². The Labute approximate surface area is 50.2 Å². The molecular formula is C8H10. The van der Waals surface area contributed by atoms with Crippen molar-refractivity contribution in [3.05, 3.63) is 35.5 Å². The zero-order chi connectivity index (χ0) is 5.98. The van der Waals surface area contributed by atoms with E-state index in [9.17, 15) is 0 Å². The third kappa shape index (κ3) is 0.738. The van der Waals surface area contributed by atoms with Gasteiger partial charge in [0.15, 0.2) is 0 Å². The monoisotopic (exact) mass is 106 g/mol. The second-order valence-electron chi connectivity index (χ2n) is 1.95. The van der Waals surface area contributed by atoms with Crippen molar-refractivity contribution >= 4 is 0 Å². The summed E-state index contributed by atoms with van der Waals surface area (Å²) in [5.74, 6) is 0. The van der Waals surface area contributed by atoms with Gasteiger partial charge in [-0.25, -0.2) is 0 Å². The highest BCUT2D eigenvalue weighted by Gasteiger charge is 1.95. The Morgan fingerprint density at radius 3 is 2.50 bits per heavy atom. The molecule has 0 atom stereocenters. The van der Waals surface area contributed by atoms with Gasteiger partial charge in [-0.05, 0) is 25.0 Å². The second kappa shape index (κ2) is 1.99. The molecule has 0 bridgehead atoms. The Hall–Kier alpha value is -0.780.